The fourth-order valence-electron chi connectivity index (χ4n) is 2.11. The molecule has 21 heavy (non-hydrogen) atoms. The van der Waals surface area contributed by atoms with Crippen molar-refractivity contribution in [2.45, 2.75) is 45.7 Å². The molecule has 0 radical (unpaired) electrons. The van der Waals surface area contributed by atoms with Gasteiger partial charge in [-0.25, -0.2) is 4.68 Å². The fourth-order valence-corrected chi connectivity index (χ4v) is 2.11. The SMILES string of the molecule is Cc1cccc(C[C@@H](C)NC(=O)CCCn2cnnn2)n1. The Bertz CT molecular complexity index is 569. The van der Waals surface area contributed by atoms with Crippen LogP contribution in [0.4, 0.5) is 0 Å². The van der Waals surface area contributed by atoms with Crippen molar-refractivity contribution < 1.29 is 4.79 Å². The van der Waals surface area contributed by atoms with E-state index in [4.69, 9.17) is 0 Å². The lowest BCUT2D eigenvalue weighted by molar-refractivity contribution is -0.121. The molecule has 2 aromatic rings. The summed E-state index contributed by atoms with van der Waals surface area (Å²) in [4.78, 5) is 16.3. The number of nitrogens with zero attached hydrogens (tertiary/aromatic N) is 5. The van der Waals surface area contributed by atoms with Crippen LogP contribution in [0.5, 0.6) is 0 Å². The molecule has 0 saturated heterocycles. The second kappa shape index (κ2) is 7.47. The molecule has 0 saturated carbocycles. The Morgan fingerprint density at radius 1 is 1.43 bits per heavy atom. The van der Waals surface area contributed by atoms with Gasteiger partial charge in [-0.15, -0.1) is 5.10 Å². The Morgan fingerprint density at radius 3 is 3.00 bits per heavy atom. The largest absolute Gasteiger partial charge is 0.353 e. The summed E-state index contributed by atoms with van der Waals surface area (Å²) in [6.45, 7) is 4.60. The van der Waals surface area contributed by atoms with E-state index >= 15 is 0 Å². The van der Waals surface area contributed by atoms with E-state index in [9.17, 15) is 4.79 Å². The lowest BCUT2D eigenvalue weighted by Crippen LogP contribution is -2.34. The third-order valence-corrected chi connectivity index (χ3v) is 3.05. The minimum absolute atomic E-state index is 0.0447. The van der Waals surface area contributed by atoms with Crippen molar-refractivity contribution in [1.82, 2.24) is 30.5 Å². The summed E-state index contributed by atoms with van der Waals surface area (Å²) in [7, 11) is 0. The van der Waals surface area contributed by atoms with Crippen molar-refractivity contribution in [2.24, 2.45) is 0 Å². The number of aromatic nitrogens is 5. The van der Waals surface area contributed by atoms with Crippen LogP contribution in [0.2, 0.25) is 0 Å². The summed E-state index contributed by atoms with van der Waals surface area (Å²) in [6, 6.07) is 6.00. The van der Waals surface area contributed by atoms with Gasteiger partial charge in [-0.05, 0) is 42.8 Å². The zero-order valence-electron chi connectivity index (χ0n) is 12.4. The Kier molecular flexibility index (Phi) is 5.36. The summed E-state index contributed by atoms with van der Waals surface area (Å²) >= 11 is 0. The molecule has 0 aromatic carbocycles. The smallest absolute Gasteiger partial charge is 0.220 e. The third kappa shape index (κ3) is 5.29. The maximum absolute atomic E-state index is 11.8. The van der Waals surface area contributed by atoms with Crippen LogP contribution in [0, 0.1) is 6.92 Å². The van der Waals surface area contributed by atoms with E-state index in [0.29, 0.717) is 19.4 Å². The van der Waals surface area contributed by atoms with Crippen molar-refractivity contribution in [3.63, 3.8) is 0 Å². The highest BCUT2D eigenvalue weighted by molar-refractivity contribution is 5.76. The molecule has 1 amide bonds. The Hall–Kier alpha value is -2.31. The standard InChI is InChI=1S/C14H20N6O/c1-11-5-3-6-13(16-11)9-12(2)17-14(21)7-4-8-20-10-15-18-19-20/h3,5-6,10,12H,4,7-9H2,1-2H3,(H,17,21)/t12-/m1/s1. The number of tetrazole rings is 1. The van der Waals surface area contributed by atoms with Crippen LogP contribution < -0.4 is 5.32 Å². The lowest BCUT2D eigenvalue weighted by atomic mass is 10.1. The number of hydrogen-bond donors (Lipinski definition) is 1. The highest BCUT2D eigenvalue weighted by Crippen LogP contribution is 2.02. The number of carbonyl (C=O) groups is 1. The van der Waals surface area contributed by atoms with Gasteiger partial charge in [-0.3, -0.25) is 9.78 Å². The van der Waals surface area contributed by atoms with E-state index in [1.807, 2.05) is 32.0 Å². The quantitative estimate of drug-likeness (QED) is 0.818. The highest BCUT2D eigenvalue weighted by atomic mass is 16.1. The van der Waals surface area contributed by atoms with E-state index in [-0.39, 0.29) is 11.9 Å². The fraction of sp³-hybridized carbons (Fsp3) is 0.500. The van der Waals surface area contributed by atoms with Crippen LogP contribution in [0.3, 0.4) is 0 Å². The zero-order chi connectivity index (χ0) is 15.1. The molecule has 2 aromatic heterocycles. The van der Waals surface area contributed by atoms with Crippen LogP contribution in [-0.2, 0) is 17.8 Å². The highest BCUT2D eigenvalue weighted by Gasteiger charge is 2.09. The van der Waals surface area contributed by atoms with Gasteiger partial charge in [0.05, 0.1) is 0 Å². The number of hydrogen-bond acceptors (Lipinski definition) is 5. The minimum Gasteiger partial charge on any atom is -0.353 e. The lowest BCUT2D eigenvalue weighted by Gasteiger charge is -2.13. The van der Waals surface area contributed by atoms with E-state index in [1.165, 1.54) is 0 Å². The Balaban J connectivity index is 1.69. The number of rotatable bonds is 7. The normalized spacial score (nSPS) is 12.1. The van der Waals surface area contributed by atoms with E-state index in [0.717, 1.165) is 17.8 Å². The molecule has 0 aliphatic carbocycles. The molecule has 0 aliphatic rings. The van der Waals surface area contributed by atoms with E-state index < -0.39 is 0 Å². The minimum atomic E-state index is 0.0447. The average molecular weight is 288 g/mol. The van der Waals surface area contributed by atoms with Gasteiger partial charge >= 0.3 is 0 Å². The summed E-state index contributed by atoms with van der Waals surface area (Å²) < 4.78 is 1.62. The molecular formula is C14H20N6O. The van der Waals surface area contributed by atoms with Gasteiger partial charge in [-0.1, -0.05) is 6.07 Å². The predicted octanol–water partition coefficient (Wildman–Crippen LogP) is 0.904. The van der Waals surface area contributed by atoms with E-state index in [2.05, 4.69) is 25.8 Å². The molecule has 1 N–H and O–H groups in total. The summed E-state index contributed by atoms with van der Waals surface area (Å²) in [6.07, 6.45) is 3.46. The Morgan fingerprint density at radius 2 is 2.29 bits per heavy atom. The van der Waals surface area contributed by atoms with Gasteiger partial charge in [0.2, 0.25) is 5.91 Å². The molecular weight excluding hydrogens is 268 g/mol. The van der Waals surface area contributed by atoms with Crippen molar-refractivity contribution in [1.29, 1.82) is 0 Å². The summed E-state index contributed by atoms with van der Waals surface area (Å²) in [5.74, 6) is 0.0447. The van der Waals surface area contributed by atoms with Gasteiger partial charge in [0.25, 0.3) is 0 Å². The second-order valence-electron chi connectivity index (χ2n) is 5.12. The van der Waals surface area contributed by atoms with Crippen molar-refractivity contribution in [3.05, 3.63) is 35.9 Å². The number of pyridine rings is 1. The maximum atomic E-state index is 11.8. The molecule has 2 heterocycles. The van der Waals surface area contributed by atoms with Gasteiger partial charge in [-0.2, -0.15) is 0 Å². The molecule has 0 bridgehead atoms. The van der Waals surface area contributed by atoms with Crippen molar-refractivity contribution in [2.75, 3.05) is 0 Å². The van der Waals surface area contributed by atoms with Gasteiger partial charge in [0.1, 0.15) is 6.33 Å². The van der Waals surface area contributed by atoms with Crippen LogP contribution in [0.1, 0.15) is 31.2 Å². The average Bonchev–Trinajstić information content (AvgIpc) is 2.91. The first-order chi connectivity index (χ1) is 10.1. The molecule has 1 atom stereocenters. The summed E-state index contributed by atoms with van der Waals surface area (Å²) in [5, 5.41) is 13.8. The van der Waals surface area contributed by atoms with Crippen LogP contribution in [0.15, 0.2) is 24.5 Å². The van der Waals surface area contributed by atoms with Crippen LogP contribution >= 0.6 is 0 Å². The number of carbonyl (C=O) groups excluding carboxylic acids is 1. The van der Waals surface area contributed by atoms with Crippen LogP contribution in [-0.4, -0.2) is 37.1 Å². The number of amides is 1. The maximum Gasteiger partial charge on any atom is 0.220 e. The molecule has 0 aliphatic heterocycles. The van der Waals surface area contributed by atoms with E-state index in [1.54, 1.807) is 11.0 Å². The predicted molar refractivity (Wildman–Crippen MR) is 77.3 cm³/mol. The second-order valence-corrected chi connectivity index (χ2v) is 5.12. The first-order valence-corrected chi connectivity index (χ1v) is 7.06. The molecule has 0 fully saturated rings. The summed E-state index contributed by atoms with van der Waals surface area (Å²) in [5.41, 5.74) is 1.99. The van der Waals surface area contributed by atoms with Gasteiger partial charge in [0.15, 0.2) is 0 Å². The molecule has 7 heteroatoms. The Labute approximate surface area is 123 Å². The molecule has 0 spiro atoms. The van der Waals surface area contributed by atoms with Crippen molar-refractivity contribution >= 4 is 5.91 Å². The molecule has 7 nitrogen and oxygen atoms in total. The molecule has 0 unspecified atom stereocenters. The van der Waals surface area contributed by atoms with Gasteiger partial charge < -0.3 is 5.32 Å². The topological polar surface area (TPSA) is 85.6 Å². The first-order valence-electron chi connectivity index (χ1n) is 7.06. The molecule has 2 rings (SSSR count). The van der Waals surface area contributed by atoms with Crippen molar-refractivity contribution in [3.8, 4) is 0 Å². The zero-order valence-corrected chi connectivity index (χ0v) is 12.4. The first kappa shape index (κ1) is 15.1. The molecule has 112 valence electrons. The number of nitrogens with one attached hydrogen (secondary N) is 1. The third-order valence-electron chi connectivity index (χ3n) is 3.05. The number of aryl methyl sites for hydroxylation is 2. The van der Waals surface area contributed by atoms with Crippen LogP contribution in [0.25, 0.3) is 0 Å². The monoisotopic (exact) mass is 288 g/mol. The van der Waals surface area contributed by atoms with Gasteiger partial charge in [0, 0.05) is 36.8 Å².